The molecule has 2 aromatic heterocycles. The fourth-order valence-electron chi connectivity index (χ4n) is 6.71. The molecule has 0 N–H and O–H groups in total. The van der Waals surface area contributed by atoms with Crippen LogP contribution in [0.25, 0.3) is 0 Å². The van der Waals surface area contributed by atoms with E-state index in [2.05, 4.69) is 0 Å². The molecule has 0 aromatic carbocycles. The molecule has 10 atom stereocenters. The second-order valence-corrected chi connectivity index (χ2v) is 13.7. The van der Waals surface area contributed by atoms with Crippen molar-refractivity contribution in [1.29, 1.82) is 0 Å². The van der Waals surface area contributed by atoms with E-state index in [9.17, 15) is 38.4 Å². The van der Waals surface area contributed by atoms with Crippen LogP contribution in [-0.2, 0) is 98.8 Å². The first-order valence-electron chi connectivity index (χ1n) is 18.6. The number of hydrogen-bond donors (Lipinski definition) is 0. The van der Waals surface area contributed by atoms with E-state index in [1.54, 1.807) is 46.6 Å². The third-order valence-corrected chi connectivity index (χ3v) is 8.78. The molecule has 0 aliphatic carbocycles. The van der Waals surface area contributed by atoms with Gasteiger partial charge < -0.3 is 47.4 Å². The maximum Gasteiger partial charge on any atom is 0.303 e. The number of carbonyl (C=O) groups is 8. The lowest BCUT2D eigenvalue weighted by Gasteiger charge is -2.42. The monoisotopic (exact) mass is 838 g/mol. The highest BCUT2D eigenvalue weighted by atomic mass is 16.7. The quantitative estimate of drug-likeness (QED) is 0.117. The first-order chi connectivity index (χ1) is 27.8. The minimum absolute atomic E-state index is 0.371. The van der Waals surface area contributed by atoms with Crippen LogP contribution < -0.4 is 9.13 Å². The van der Waals surface area contributed by atoms with Gasteiger partial charge in [-0.3, -0.25) is 38.4 Å². The van der Waals surface area contributed by atoms with E-state index in [0.29, 0.717) is 19.5 Å². The zero-order chi connectivity index (χ0) is 43.6. The average Bonchev–Trinajstić information content (AvgIpc) is 3.79. The number of nitrogens with zero attached hydrogens (tertiary/aromatic N) is 4. The van der Waals surface area contributed by atoms with Crippen LogP contribution in [0.5, 0.6) is 0 Å². The van der Waals surface area contributed by atoms with Gasteiger partial charge in [-0.1, -0.05) is 0 Å². The van der Waals surface area contributed by atoms with Crippen molar-refractivity contribution in [2.24, 2.45) is 0 Å². The van der Waals surface area contributed by atoms with Gasteiger partial charge >= 0.3 is 47.8 Å². The minimum atomic E-state index is -1.33. The summed E-state index contributed by atoms with van der Waals surface area (Å²) in [6.07, 6.45) is -1.76. The molecule has 0 saturated carbocycles. The van der Waals surface area contributed by atoms with Crippen molar-refractivity contribution < 1.29 is 94.9 Å². The van der Waals surface area contributed by atoms with Crippen molar-refractivity contribution in [3.05, 3.63) is 37.4 Å². The lowest BCUT2D eigenvalue weighted by molar-refractivity contribution is -0.726. The molecule has 0 amide bonds. The molecular weight excluding hydrogens is 788 g/mol. The van der Waals surface area contributed by atoms with Gasteiger partial charge in [0.1, 0.15) is 50.2 Å². The molecule has 59 heavy (non-hydrogen) atoms. The van der Waals surface area contributed by atoms with Gasteiger partial charge in [0.15, 0.2) is 24.4 Å². The summed E-state index contributed by atoms with van der Waals surface area (Å²) in [5.74, 6) is -5.71. The van der Waals surface area contributed by atoms with Crippen LogP contribution in [0.4, 0.5) is 0 Å². The molecule has 4 heterocycles. The van der Waals surface area contributed by atoms with Crippen LogP contribution in [0.1, 0.15) is 74.3 Å². The summed E-state index contributed by atoms with van der Waals surface area (Å²) in [4.78, 5) is 96.6. The molecule has 2 saturated heterocycles. The second-order valence-electron chi connectivity index (χ2n) is 13.7. The van der Waals surface area contributed by atoms with Gasteiger partial charge in [0.05, 0.1) is 13.1 Å². The van der Waals surface area contributed by atoms with Crippen molar-refractivity contribution in [3.8, 4) is 0 Å². The molecule has 2 aromatic rings. The maximum atomic E-state index is 12.3. The van der Waals surface area contributed by atoms with Gasteiger partial charge in [-0.15, -0.1) is 0 Å². The minimum Gasteiger partial charge on any atom is -0.463 e. The lowest BCUT2D eigenvalue weighted by Crippen LogP contribution is -2.60. The fourth-order valence-corrected chi connectivity index (χ4v) is 6.71. The van der Waals surface area contributed by atoms with E-state index in [-0.39, 0.29) is 13.2 Å². The molecule has 2 aliphatic rings. The third kappa shape index (κ3) is 13.1. The molecule has 0 unspecified atom stereocenters. The van der Waals surface area contributed by atoms with E-state index in [4.69, 9.17) is 47.4 Å². The molecule has 2 aliphatic heterocycles. The Bertz CT molecular complexity index is 1730. The van der Waals surface area contributed by atoms with Crippen molar-refractivity contribution in [2.45, 2.75) is 136 Å². The third-order valence-electron chi connectivity index (χ3n) is 8.78. The van der Waals surface area contributed by atoms with Gasteiger partial charge in [-0.25, -0.2) is 18.3 Å². The van der Waals surface area contributed by atoms with E-state index in [1.165, 1.54) is 13.8 Å². The molecule has 0 spiro atoms. The molecule has 4 rings (SSSR count). The number of esters is 8. The summed E-state index contributed by atoms with van der Waals surface area (Å²) in [5, 5.41) is 0. The first kappa shape index (κ1) is 45.8. The fraction of sp³-hybridized carbons (Fsp3) is 0.622. The highest BCUT2D eigenvalue weighted by molar-refractivity contribution is 5.70. The number of aromatic nitrogens is 4. The summed E-state index contributed by atoms with van der Waals surface area (Å²) >= 11 is 0. The normalized spacial score (nSPS) is 26.4. The van der Waals surface area contributed by atoms with Crippen molar-refractivity contribution in [1.82, 2.24) is 9.13 Å². The van der Waals surface area contributed by atoms with Crippen LogP contribution in [0.2, 0.25) is 0 Å². The zero-order valence-corrected chi connectivity index (χ0v) is 33.9. The molecule has 22 heteroatoms. The second kappa shape index (κ2) is 20.7. The largest absolute Gasteiger partial charge is 0.463 e. The SMILES string of the molecule is CC(=O)OC[C@H]1O[C@@H](n2cc[n+](CCC[n+]3ccn([C@@H]4O[C@H](COC(C)=O)[C@@H](OC(C)=O)[C@H](OC(C)=O)[C@H]4OC(C)=O)c3)c2)[C@H](OC(C)=O)[C@@H](OC(C)=O)[C@@H]1OC(C)=O. The standard InChI is InChI=1S/C37H50N4O18/c1-20(42)50-16-28-30(52-22(3)44)32(54-24(5)46)34(56-26(7)48)36(58-28)40-14-12-38(18-40)10-9-11-39-13-15-41(19-39)37-35(57-27(8)49)33(55-25(6)47)31(53-23(4)45)29(59-37)17-51-21(2)43/h12-15,18-19,28-37H,9-11,16-17H2,1-8H3/q+2/t28-,29-,30-,31-,32+,33+,34-,35-,36-,37-/m1/s1. The Balaban J connectivity index is 1.55. The van der Waals surface area contributed by atoms with Crippen LogP contribution in [-0.4, -0.2) is 119 Å². The van der Waals surface area contributed by atoms with Crippen LogP contribution in [0.3, 0.4) is 0 Å². The Morgan fingerprint density at radius 1 is 0.458 bits per heavy atom. The average molecular weight is 839 g/mol. The predicted octanol–water partition coefficient (Wildman–Crippen LogP) is -0.534. The predicted molar refractivity (Wildman–Crippen MR) is 188 cm³/mol. The van der Waals surface area contributed by atoms with Gasteiger partial charge in [0, 0.05) is 61.8 Å². The van der Waals surface area contributed by atoms with Crippen LogP contribution in [0.15, 0.2) is 37.4 Å². The summed E-state index contributed by atoms with van der Waals surface area (Å²) < 4.78 is 62.7. The Hall–Kier alpha value is -5.90. The van der Waals surface area contributed by atoms with E-state index in [0.717, 1.165) is 41.5 Å². The molecule has 0 radical (unpaired) electrons. The topological polar surface area (TPSA) is 246 Å². The number of rotatable bonds is 16. The van der Waals surface area contributed by atoms with Crippen molar-refractivity contribution in [2.75, 3.05) is 13.2 Å². The smallest absolute Gasteiger partial charge is 0.303 e. The highest BCUT2D eigenvalue weighted by Gasteiger charge is 2.56. The summed E-state index contributed by atoms with van der Waals surface area (Å²) in [6.45, 7) is 9.38. The summed E-state index contributed by atoms with van der Waals surface area (Å²) in [7, 11) is 0. The van der Waals surface area contributed by atoms with Gasteiger partial charge in [-0.05, 0) is 0 Å². The Morgan fingerprint density at radius 3 is 1.07 bits per heavy atom. The highest BCUT2D eigenvalue weighted by Crippen LogP contribution is 2.36. The Morgan fingerprint density at radius 2 is 0.763 bits per heavy atom. The summed E-state index contributed by atoms with van der Waals surface area (Å²) in [5.41, 5.74) is 0. The van der Waals surface area contributed by atoms with Gasteiger partial charge in [0.25, 0.3) is 0 Å². The van der Waals surface area contributed by atoms with Crippen molar-refractivity contribution >= 4 is 47.8 Å². The number of hydrogen-bond acceptors (Lipinski definition) is 18. The van der Waals surface area contributed by atoms with Gasteiger partial charge in [-0.2, -0.15) is 0 Å². The number of carbonyl (C=O) groups excluding carboxylic acids is 8. The van der Waals surface area contributed by atoms with E-state index >= 15 is 0 Å². The summed E-state index contributed by atoms with van der Waals surface area (Å²) in [6, 6.07) is 0. The number of imidazole rings is 2. The van der Waals surface area contributed by atoms with E-state index in [1.807, 2.05) is 9.13 Å². The maximum absolute atomic E-state index is 12.3. The van der Waals surface area contributed by atoms with Crippen LogP contribution in [0, 0.1) is 0 Å². The number of aryl methyl sites for hydroxylation is 2. The van der Waals surface area contributed by atoms with E-state index < -0.39 is 109 Å². The molecule has 2 fully saturated rings. The molecule has 22 nitrogen and oxygen atoms in total. The first-order valence-corrected chi connectivity index (χ1v) is 18.6. The Labute approximate surface area is 338 Å². The molecular formula is C37H50N4O18+2. The number of ether oxygens (including phenoxy) is 10. The molecule has 324 valence electrons. The van der Waals surface area contributed by atoms with Gasteiger partial charge in [0.2, 0.25) is 37.3 Å². The van der Waals surface area contributed by atoms with Crippen molar-refractivity contribution in [3.63, 3.8) is 0 Å². The Kier molecular flexibility index (Phi) is 16.1. The van der Waals surface area contributed by atoms with Crippen LogP contribution >= 0.6 is 0 Å². The zero-order valence-electron chi connectivity index (χ0n) is 33.9. The molecule has 0 bridgehead atoms. The lowest BCUT2D eigenvalue weighted by atomic mass is 9.97.